The normalized spacial score (nSPS) is 10.6. The maximum atomic E-state index is 12.6. The van der Waals surface area contributed by atoms with Gasteiger partial charge in [-0.2, -0.15) is 0 Å². The zero-order valence-corrected chi connectivity index (χ0v) is 19.0. The van der Waals surface area contributed by atoms with Crippen molar-refractivity contribution < 1.29 is 14.3 Å². The fourth-order valence-corrected chi connectivity index (χ4v) is 3.32. The third-order valence-electron chi connectivity index (χ3n) is 4.86. The van der Waals surface area contributed by atoms with E-state index < -0.39 is 5.91 Å². The average molecular weight is 450 g/mol. The number of ether oxygens (including phenoxy) is 1. The molecular weight excluding hydrogens is 422 g/mol. The van der Waals surface area contributed by atoms with Gasteiger partial charge in [-0.05, 0) is 53.0 Å². The number of hydrazine groups is 1. The highest BCUT2D eigenvalue weighted by Gasteiger charge is 2.14. The van der Waals surface area contributed by atoms with Crippen LogP contribution in [0.15, 0.2) is 66.7 Å². The van der Waals surface area contributed by atoms with Gasteiger partial charge < -0.3 is 4.74 Å². The van der Waals surface area contributed by atoms with Gasteiger partial charge in [-0.3, -0.25) is 25.8 Å². The van der Waals surface area contributed by atoms with Crippen molar-refractivity contribution in [2.24, 2.45) is 5.92 Å². The molecule has 0 atom stereocenters. The van der Waals surface area contributed by atoms with Crippen LogP contribution in [0.4, 0.5) is 0 Å². The lowest BCUT2D eigenvalue weighted by molar-refractivity contribution is -0.121. The van der Waals surface area contributed by atoms with E-state index >= 15 is 0 Å². The summed E-state index contributed by atoms with van der Waals surface area (Å²) in [6.45, 7) is 4.75. The summed E-state index contributed by atoms with van der Waals surface area (Å²) in [5.41, 5.74) is 6.41. The monoisotopic (exact) mass is 449 g/mol. The molecule has 166 valence electrons. The van der Waals surface area contributed by atoms with Crippen molar-refractivity contribution in [2.75, 3.05) is 6.61 Å². The number of fused-ring (bicyclic) bond motifs is 1. The molecule has 0 spiro atoms. The number of carbonyl (C=O) groups is 2. The molecule has 0 aliphatic heterocycles. The van der Waals surface area contributed by atoms with Crippen molar-refractivity contribution in [3.05, 3.63) is 77.9 Å². The van der Waals surface area contributed by atoms with Crippen LogP contribution in [0.3, 0.4) is 0 Å². The lowest BCUT2D eigenvalue weighted by Gasteiger charge is -2.14. The number of carbonyl (C=O) groups excluding carboxylic acids is 2. The summed E-state index contributed by atoms with van der Waals surface area (Å²) >= 11 is 5.16. The van der Waals surface area contributed by atoms with Crippen molar-refractivity contribution >= 4 is 39.9 Å². The molecule has 0 bridgehead atoms. The van der Waals surface area contributed by atoms with E-state index in [1.165, 1.54) is 0 Å². The standard InChI is InChI=1S/C25H27N3O3S/c1-17(2)14-15-31-22-13-6-5-12-21(22)24(30)26-25(32)28-27-23(29)16-19-10-7-9-18-8-3-4-11-20(18)19/h3-13,17H,14-16H2,1-2H3,(H,27,29)(H2,26,28,30,32). The molecule has 0 saturated carbocycles. The summed E-state index contributed by atoms with van der Waals surface area (Å²) in [5, 5.41) is 4.67. The van der Waals surface area contributed by atoms with Gasteiger partial charge in [0.05, 0.1) is 18.6 Å². The molecule has 3 N–H and O–H groups in total. The first-order valence-corrected chi connectivity index (χ1v) is 10.9. The lowest BCUT2D eigenvalue weighted by Crippen LogP contribution is -2.48. The average Bonchev–Trinajstić information content (AvgIpc) is 2.78. The molecule has 6 nitrogen and oxygen atoms in total. The molecule has 32 heavy (non-hydrogen) atoms. The van der Waals surface area contributed by atoms with E-state index in [9.17, 15) is 9.59 Å². The Morgan fingerprint density at radius 1 is 0.938 bits per heavy atom. The van der Waals surface area contributed by atoms with Crippen LogP contribution >= 0.6 is 12.2 Å². The van der Waals surface area contributed by atoms with E-state index in [1.54, 1.807) is 18.2 Å². The summed E-state index contributed by atoms with van der Waals surface area (Å²) < 4.78 is 5.76. The molecule has 0 aliphatic rings. The van der Waals surface area contributed by atoms with Gasteiger partial charge in [-0.1, -0.05) is 68.4 Å². The number of nitrogens with one attached hydrogen (secondary N) is 3. The Balaban J connectivity index is 1.52. The second-order valence-electron chi connectivity index (χ2n) is 7.80. The van der Waals surface area contributed by atoms with Gasteiger partial charge in [-0.15, -0.1) is 0 Å². The van der Waals surface area contributed by atoms with Crippen molar-refractivity contribution in [1.29, 1.82) is 0 Å². The highest BCUT2D eigenvalue weighted by atomic mass is 32.1. The summed E-state index contributed by atoms with van der Waals surface area (Å²) in [4.78, 5) is 25.0. The van der Waals surface area contributed by atoms with Gasteiger partial charge in [0.1, 0.15) is 5.75 Å². The van der Waals surface area contributed by atoms with Crippen LogP contribution in [0.25, 0.3) is 10.8 Å². The smallest absolute Gasteiger partial charge is 0.261 e. The third-order valence-corrected chi connectivity index (χ3v) is 5.06. The van der Waals surface area contributed by atoms with E-state index in [2.05, 4.69) is 30.0 Å². The highest BCUT2D eigenvalue weighted by Crippen LogP contribution is 2.19. The van der Waals surface area contributed by atoms with Crippen LogP contribution in [0.5, 0.6) is 5.75 Å². The largest absolute Gasteiger partial charge is 0.493 e. The summed E-state index contributed by atoms with van der Waals surface area (Å²) in [5.74, 6) is 0.319. The zero-order valence-electron chi connectivity index (χ0n) is 18.2. The predicted molar refractivity (Wildman–Crippen MR) is 130 cm³/mol. The van der Waals surface area contributed by atoms with Crippen LogP contribution in [0.2, 0.25) is 0 Å². The van der Waals surface area contributed by atoms with Gasteiger partial charge in [-0.25, -0.2) is 0 Å². The van der Waals surface area contributed by atoms with Crippen molar-refractivity contribution in [3.8, 4) is 5.75 Å². The Kier molecular flexibility index (Phi) is 8.16. The van der Waals surface area contributed by atoms with E-state index in [1.807, 2.05) is 48.5 Å². The minimum atomic E-state index is -0.411. The number of hydrogen-bond donors (Lipinski definition) is 3. The molecule has 3 aromatic rings. The molecule has 7 heteroatoms. The van der Waals surface area contributed by atoms with Gasteiger partial charge in [0.2, 0.25) is 5.91 Å². The van der Waals surface area contributed by atoms with Gasteiger partial charge in [0.25, 0.3) is 5.91 Å². The minimum Gasteiger partial charge on any atom is -0.493 e. The molecule has 0 aromatic heterocycles. The SMILES string of the molecule is CC(C)CCOc1ccccc1C(=O)NC(=S)NNC(=O)Cc1cccc2ccccc12. The second-order valence-corrected chi connectivity index (χ2v) is 8.21. The molecule has 0 unspecified atom stereocenters. The van der Waals surface area contributed by atoms with E-state index in [4.69, 9.17) is 17.0 Å². The molecule has 0 fully saturated rings. The first-order chi connectivity index (χ1) is 15.4. The zero-order chi connectivity index (χ0) is 22.9. The number of benzene rings is 3. The van der Waals surface area contributed by atoms with Gasteiger partial charge in [0, 0.05) is 0 Å². The topological polar surface area (TPSA) is 79.5 Å². The number of para-hydroxylation sites is 1. The Bertz CT molecular complexity index is 1110. The lowest BCUT2D eigenvalue weighted by atomic mass is 10.0. The predicted octanol–water partition coefficient (Wildman–Crippen LogP) is 4.14. The quantitative estimate of drug-likeness (QED) is 0.373. The van der Waals surface area contributed by atoms with Crippen molar-refractivity contribution in [1.82, 2.24) is 16.2 Å². The molecular formula is C25H27N3O3S. The van der Waals surface area contributed by atoms with Crippen LogP contribution in [-0.4, -0.2) is 23.5 Å². The molecule has 0 radical (unpaired) electrons. The van der Waals surface area contributed by atoms with Gasteiger partial charge in [0.15, 0.2) is 5.11 Å². The van der Waals surface area contributed by atoms with Crippen LogP contribution < -0.4 is 20.9 Å². The Morgan fingerprint density at radius 3 is 2.47 bits per heavy atom. The van der Waals surface area contributed by atoms with Crippen LogP contribution in [-0.2, 0) is 11.2 Å². The Morgan fingerprint density at radius 2 is 1.66 bits per heavy atom. The summed E-state index contributed by atoms with van der Waals surface area (Å²) in [6, 6.07) is 20.7. The second kappa shape index (κ2) is 11.2. The van der Waals surface area contributed by atoms with E-state index in [0.717, 1.165) is 22.8 Å². The highest BCUT2D eigenvalue weighted by molar-refractivity contribution is 7.80. The van der Waals surface area contributed by atoms with Crippen molar-refractivity contribution in [2.45, 2.75) is 26.7 Å². The number of hydrogen-bond acceptors (Lipinski definition) is 4. The minimum absolute atomic E-state index is 0.00162. The third kappa shape index (κ3) is 6.52. The molecule has 0 heterocycles. The molecule has 3 aromatic carbocycles. The number of rotatable bonds is 7. The van der Waals surface area contributed by atoms with Gasteiger partial charge >= 0.3 is 0 Å². The Labute approximate surface area is 193 Å². The molecule has 3 rings (SSSR count). The summed E-state index contributed by atoms with van der Waals surface area (Å²) in [6.07, 6.45) is 1.07. The maximum absolute atomic E-state index is 12.6. The molecule has 2 amide bonds. The number of amides is 2. The maximum Gasteiger partial charge on any atom is 0.261 e. The first-order valence-electron chi connectivity index (χ1n) is 10.5. The van der Waals surface area contributed by atoms with E-state index in [0.29, 0.717) is 23.8 Å². The summed E-state index contributed by atoms with van der Waals surface area (Å²) in [7, 11) is 0. The fraction of sp³-hybridized carbons (Fsp3) is 0.240. The van der Waals surface area contributed by atoms with Crippen LogP contribution in [0.1, 0.15) is 36.2 Å². The molecule has 0 saturated heterocycles. The van der Waals surface area contributed by atoms with Crippen LogP contribution in [0, 0.1) is 5.92 Å². The molecule has 0 aliphatic carbocycles. The van der Waals surface area contributed by atoms with E-state index in [-0.39, 0.29) is 17.4 Å². The first kappa shape index (κ1) is 23.2. The Hall–Kier alpha value is -3.45. The van der Waals surface area contributed by atoms with Crippen molar-refractivity contribution in [3.63, 3.8) is 0 Å². The fourth-order valence-electron chi connectivity index (χ4n) is 3.18. The number of thiocarbonyl (C=S) groups is 1.